The Morgan fingerprint density at radius 3 is 2.81 bits per heavy atom. The Morgan fingerprint density at radius 1 is 1.29 bits per heavy atom. The molecule has 0 amide bonds. The van der Waals surface area contributed by atoms with Crippen molar-refractivity contribution in [3.63, 3.8) is 0 Å². The largest absolute Gasteiger partial charge is 0.310 e. The third-order valence-corrected chi connectivity index (χ3v) is 4.44. The molecule has 3 nitrogen and oxygen atoms in total. The molecule has 0 aliphatic carbocycles. The highest BCUT2D eigenvalue weighted by Gasteiger charge is 2.19. The van der Waals surface area contributed by atoms with Gasteiger partial charge < -0.3 is 5.32 Å². The molecular weight excluding hydrogens is 258 g/mol. The molecule has 3 heteroatoms. The molecule has 1 aliphatic rings. The summed E-state index contributed by atoms with van der Waals surface area (Å²) in [5.74, 6) is 0. The van der Waals surface area contributed by atoms with Gasteiger partial charge in [-0.1, -0.05) is 39.7 Å². The topological polar surface area (TPSA) is 28.2 Å². The molecule has 0 radical (unpaired) electrons. The summed E-state index contributed by atoms with van der Waals surface area (Å²) in [4.78, 5) is 7.31. The standard InChI is InChI=1S/C18H31N3/c1-4-18-8-6-5-7-11-21(18)14-17-10-9-16(13-20-17)12-19-15(2)3/h9-10,13,15,18-19H,4-8,11-12,14H2,1-3H3. The van der Waals surface area contributed by atoms with Gasteiger partial charge in [0.2, 0.25) is 0 Å². The highest BCUT2D eigenvalue weighted by atomic mass is 15.2. The van der Waals surface area contributed by atoms with Crippen molar-refractivity contribution < 1.29 is 0 Å². The number of nitrogens with zero attached hydrogens (tertiary/aromatic N) is 2. The molecule has 1 aliphatic heterocycles. The zero-order valence-electron chi connectivity index (χ0n) is 13.9. The zero-order chi connectivity index (χ0) is 15.1. The predicted octanol–water partition coefficient (Wildman–Crippen LogP) is 3.73. The number of pyridine rings is 1. The maximum atomic E-state index is 4.67. The first-order chi connectivity index (χ1) is 10.2. The quantitative estimate of drug-likeness (QED) is 0.865. The lowest BCUT2D eigenvalue weighted by atomic mass is 10.1. The fourth-order valence-electron chi connectivity index (χ4n) is 3.09. The minimum atomic E-state index is 0.520. The van der Waals surface area contributed by atoms with Crippen LogP contribution >= 0.6 is 0 Å². The molecule has 2 rings (SSSR count). The number of likely N-dealkylation sites (tertiary alicyclic amines) is 1. The second-order valence-electron chi connectivity index (χ2n) is 6.58. The number of rotatable bonds is 6. The van der Waals surface area contributed by atoms with Gasteiger partial charge in [0.25, 0.3) is 0 Å². The van der Waals surface area contributed by atoms with Crippen LogP contribution in [0.2, 0.25) is 0 Å². The average molecular weight is 289 g/mol. The van der Waals surface area contributed by atoms with E-state index in [-0.39, 0.29) is 0 Å². The van der Waals surface area contributed by atoms with Crippen LogP contribution in [0.5, 0.6) is 0 Å². The van der Waals surface area contributed by atoms with Gasteiger partial charge in [0.05, 0.1) is 5.69 Å². The third-order valence-electron chi connectivity index (χ3n) is 4.44. The lowest BCUT2D eigenvalue weighted by Gasteiger charge is -2.28. The van der Waals surface area contributed by atoms with Crippen LogP contribution in [-0.4, -0.2) is 28.5 Å². The van der Waals surface area contributed by atoms with E-state index < -0.39 is 0 Å². The van der Waals surface area contributed by atoms with Crippen LogP contribution in [-0.2, 0) is 13.1 Å². The van der Waals surface area contributed by atoms with Crippen LogP contribution < -0.4 is 5.32 Å². The summed E-state index contributed by atoms with van der Waals surface area (Å²) in [7, 11) is 0. The van der Waals surface area contributed by atoms with Crippen LogP contribution in [0.25, 0.3) is 0 Å². The first kappa shape index (κ1) is 16.4. The van der Waals surface area contributed by atoms with Crippen molar-refractivity contribution in [1.29, 1.82) is 0 Å². The smallest absolute Gasteiger partial charge is 0.0544 e. The molecule has 1 atom stereocenters. The van der Waals surface area contributed by atoms with E-state index in [1.807, 2.05) is 6.20 Å². The Bertz CT molecular complexity index is 399. The first-order valence-electron chi connectivity index (χ1n) is 8.60. The molecule has 1 fully saturated rings. The van der Waals surface area contributed by atoms with Gasteiger partial charge in [-0.25, -0.2) is 0 Å². The Morgan fingerprint density at radius 2 is 2.14 bits per heavy atom. The fraction of sp³-hybridized carbons (Fsp3) is 0.722. The number of hydrogen-bond donors (Lipinski definition) is 1. The summed E-state index contributed by atoms with van der Waals surface area (Å²) < 4.78 is 0. The van der Waals surface area contributed by atoms with E-state index >= 15 is 0 Å². The van der Waals surface area contributed by atoms with Crippen LogP contribution in [0.3, 0.4) is 0 Å². The Hall–Kier alpha value is -0.930. The van der Waals surface area contributed by atoms with Crippen molar-refractivity contribution in [2.24, 2.45) is 0 Å². The fourth-order valence-corrected chi connectivity index (χ4v) is 3.09. The molecule has 1 N–H and O–H groups in total. The number of hydrogen-bond acceptors (Lipinski definition) is 3. The summed E-state index contributed by atoms with van der Waals surface area (Å²) in [6.07, 6.45) is 8.77. The van der Waals surface area contributed by atoms with Gasteiger partial charge in [-0.05, 0) is 37.4 Å². The van der Waals surface area contributed by atoms with Crippen molar-refractivity contribution in [1.82, 2.24) is 15.2 Å². The van der Waals surface area contributed by atoms with E-state index in [9.17, 15) is 0 Å². The molecule has 1 aromatic heterocycles. The lowest BCUT2D eigenvalue weighted by Crippen LogP contribution is -2.34. The molecule has 0 saturated carbocycles. The van der Waals surface area contributed by atoms with Gasteiger partial charge >= 0.3 is 0 Å². The highest BCUT2D eigenvalue weighted by Crippen LogP contribution is 2.20. The Labute approximate surface area is 130 Å². The Kier molecular flexibility index (Phi) is 6.65. The average Bonchev–Trinajstić information content (AvgIpc) is 2.71. The van der Waals surface area contributed by atoms with E-state index in [1.165, 1.54) is 49.9 Å². The minimum Gasteiger partial charge on any atom is -0.310 e. The molecule has 1 unspecified atom stereocenters. The summed E-state index contributed by atoms with van der Waals surface area (Å²) in [6.45, 7) is 9.81. The van der Waals surface area contributed by atoms with E-state index in [1.54, 1.807) is 0 Å². The van der Waals surface area contributed by atoms with Gasteiger partial charge in [-0.15, -0.1) is 0 Å². The molecule has 0 aromatic carbocycles. The van der Waals surface area contributed by atoms with Crippen molar-refractivity contribution in [2.75, 3.05) is 6.54 Å². The number of aromatic nitrogens is 1. The van der Waals surface area contributed by atoms with Gasteiger partial charge in [0, 0.05) is 31.4 Å². The van der Waals surface area contributed by atoms with Crippen molar-refractivity contribution in [3.05, 3.63) is 29.6 Å². The minimum absolute atomic E-state index is 0.520. The van der Waals surface area contributed by atoms with Crippen LogP contribution in [0.4, 0.5) is 0 Å². The van der Waals surface area contributed by atoms with Crippen molar-refractivity contribution in [2.45, 2.75) is 78.0 Å². The molecule has 118 valence electrons. The van der Waals surface area contributed by atoms with Gasteiger partial charge in [0.1, 0.15) is 0 Å². The Balaban J connectivity index is 1.92. The van der Waals surface area contributed by atoms with E-state index in [4.69, 9.17) is 0 Å². The monoisotopic (exact) mass is 289 g/mol. The van der Waals surface area contributed by atoms with Gasteiger partial charge in [-0.3, -0.25) is 9.88 Å². The summed E-state index contributed by atoms with van der Waals surface area (Å²) in [5, 5.41) is 3.44. The predicted molar refractivity (Wildman–Crippen MR) is 89.2 cm³/mol. The SMILES string of the molecule is CCC1CCCCCN1Cc1ccc(CNC(C)C)cn1. The molecule has 21 heavy (non-hydrogen) atoms. The molecular formula is C18H31N3. The molecule has 1 aromatic rings. The summed E-state index contributed by atoms with van der Waals surface area (Å²) >= 11 is 0. The van der Waals surface area contributed by atoms with Gasteiger partial charge in [0.15, 0.2) is 0 Å². The molecule has 2 heterocycles. The highest BCUT2D eigenvalue weighted by molar-refractivity contribution is 5.14. The maximum Gasteiger partial charge on any atom is 0.0544 e. The normalized spacial score (nSPS) is 20.7. The molecule has 1 saturated heterocycles. The summed E-state index contributed by atoms with van der Waals surface area (Å²) in [6, 6.07) is 5.69. The van der Waals surface area contributed by atoms with E-state index in [2.05, 4.69) is 48.1 Å². The van der Waals surface area contributed by atoms with Crippen molar-refractivity contribution >= 4 is 0 Å². The lowest BCUT2D eigenvalue weighted by molar-refractivity contribution is 0.184. The third kappa shape index (κ3) is 5.40. The van der Waals surface area contributed by atoms with Crippen LogP contribution in [0, 0.1) is 0 Å². The first-order valence-corrected chi connectivity index (χ1v) is 8.60. The molecule has 0 spiro atoms. The van der Waals surface area contributed by atoms with Crippen molar-refractivity contribution in [3.8, 4) is 0 Å². The van der Waals surface area contributed by atoms with Crippen LogP contribution in [0.15, 0.2) is 18.3 Å². The summed E-state index contributed by atoms with van der Waals surface area (Å²) in [5.41, 5.74) is 2.49. The zero-order valence-corrected chi connectivity index (χ0v) is 13.9. The maximum absolute atomic E-state index is 4.67. The molecule has 0 bridgehead atoms. The second kappa shape index (κ2) is 8.50. The van der Waals surface area contributed by atoms with E-state index in [0.717, 1.165) is 19.1 Å². The second-order valence-corrected chi connectivity index (χ2v) is 6.58. The van der Waals surface area contributed by atoms with Crippen LogP contribution in [0.1, 0.15) is 64.1 Å². The van der Waals surface area contributed by atoms with Gasteiger partial charge in [-0.2, -0.15) is 0 Å². The number of nitrogens with one attached hydrogen (secondary N) is 1. The van der Waals surface area contributed by atoms with E-state index in [0.29, 0.717) is 6.04 Å².